The van der Waals surface area contributed by atoms with Gasteiger partial charge in [0, 0.05) is 5.41 Å². The molecule has 0 aliphatic carbocycles. The fraction of sp³-hybridized carbons (Fsp3) is 0.0882. The molecule has 6 aromatic rings. The normalized spacial score (nSPS) is 11.9. The summed E-state index contributed by atoms with van der Waals surface area (Å²) in [6.07, 6.45) is 1.75. The molecule has 0 aliphatic rings. The van der Waals surface area contributed by atoms with Crippen LogP contribution >= 0.6 is 0 Å². The van der Waals surface area contributed by atoms with Gasteiger partial charge in [-0.1, -0.05) is 141 Å². The fourth-order valence-corrected chi connectivity index (χ4v) is 5.90. The highest BCUT2D eigenvalue weighted by Gasteiger charge is 2.39. The Labute approximate surface area is 201 Å². The van der Waals surface area contributed by atoms with E-state index in [1.807, 2.05) is 0 Å². The Kier molecular flexibility index (Phi) is 5.15. The van der Waals surface area contributed by atoms with Crippen LogP contribution in [0.15, 0.2) is 127 Å². The van der Waals surface area contributed by atoms with Crippen LogP contribution in [0.5, 0.6) is 0 Å². The zero-order chi connectivity index (χ0) is 23.0. The highest BCUT2D eigenvalue weighted by atomic mass is 14.4. The van der Waals surface area contributed by atoms with Gasteiger partial charge in [-0.05, 0) is 55.4 Å². The van der Waals surface area contributed by atoms with Crippen LogP contribution in [0.2, 0.25) is 0 Å². The number of rotatable bonds is 5. The van der Waals surface area contributed by atoms with Crippen molar-refractivity contribution in [2.24, 2.45) is 0 Å². The van der Waals surface area contributed by atoms with Crippen LogP contribution in [-0.4, -0.2) is 0 Å². The van der Waals surface area contributed by atoms with Crippen molar-refractivity contribution in [1.29, 1.82) is 0 Å². The molecule has 6 rings (SSSR count). The maximum atomic E-state index is 4.39. The van der Waals surface area contributed by atoms with Crippen molar-refractivity contribution in [3.8, 4) is 0 Å². The summed E-state index contributed by atoms with van der Waals surface area (Å²) in [5, 5.41) is 7.73. The standard InChI is InChI=1S/C34H27/c1-2-24-34(31-21-9-15-25-12-3-6-18-28(25)31,32-22-10-16-26-13-4-7-19-29(26)32)33-23-11-17-27-14-5-8-20-30(27)33/h3-23H,1-2,24H2. The molecule has 1 radical (unpaired) electrons. The Morgan fingerprint density at radius 1 is 0.412 bits per heavy atom. The highest BCUT2D eigenvalue weighted by molar-refractivity contribution is 5.95. The van der Waals surface area contributed by atoms with Crippen LogP contribution in [0.3, 0.4) is 0 Å². The molecular weight excluding hydrogens is 408 g/mol. The van der Waals surface area contributed by atoms with Gasteiger partial charge in [-0.2, -0.15) is 0 Å². The SMILES string of the molecule is [CH2]CCC(c1cccc2ccccc12)(c1cccc2ccccc12)c1cccc2ccccc12. The minimum atomic E-state index is -0.343. The Balaban J connectivity index is 1.84. The molecule has 34 heavy (non-hydrogen) atoms. The van der Waals surface area contributed by atoms with Crippen LogP contribution in [0, 0.1) is 6.92 Å². The molecule has 0 amide bonds. The second-order valence-electron chi connectivity index (χ2n) is 9.09. The molecule has 0 saturated carbocycles. The Bertz CT molecular complexity index is 1420. The van der Waals surface area contributed by atoms with Gasteiger partial charge in [0.25, 0.3) is 0 Å². The second kappa shape index (κ2) is 8.47. The fourth-order valence-electron chi connectivity index (χ4n) is 5.90. The van der Waals surface area contributed by atoms with Crippen molar-refractivity contribution < 1.29 is 0 Å². The van der Waals surface area contributed by atoms with Crippen LogP contribution in [-0.2, 0) is 5.41 Å². The summed E-state index contributed by atoms with van der Waals surface area (Å²) >= 11 is 0. The second-order valence-corrected chi connectivity index (χ2v) is 9.09. The molecule has 0 spiro atoms. The van der Waals surface area contributed by atoms with Crippen LogP contribution in [0.4, 0.5) is 0 Å². The summed E-state index contributed by atoms with van der Waals surface area (Å²) in [5.74, 6) is 0. The van der Waals surface area contributed by atoms with E-state index in [2.05, 4.69) is 134 Å². The van der Waals surface area contributed by atoms with E-state index in [1.54, 1.807) is 0 Å². The molecule has 0 fully saturated rings. The number of fused-ring (bicyclic) bond motifs is 3. The monoisotopic (exact) mass is 435 g/mol. The van der Waals surface area contributed by atoms with Crippen molar-refractivity contribution in [1.82, 2.24) is 0 Å². The maximum absolute atomic E-state index is 4.39. The van der Waals surface area contributed by atoms with Gasteiger partial charge in [0.15, 0.2) is 0 Å². The third kappa shape index (κ3) is 3.14. The first-order valence-electron chi connectivity index (χ1n) is 12.1. The number of benzene rings is 6. The van der Waals surface area contributed by atoms with E-state index in [-0.39, 0.29) is 5.41 Å². The topological polar surface area (TPSA) is 0 Å². The number of hydrogen-bond donors (Lipinski definition) is 0. The van der Waals surface area contributed by atoms with E-state index in [1.165, 1.54) is 49.0 Å². The Morgan fingerprint density at radius 3 is 1.09 bits per heavy atom. The average molecular weight is 436 g/mol. The molecular formula is C34H27. The predicted molar refractivity (Wildman–Crippen MR) is 146 cm³/mol. The lowest BCUT2D eigenvalue weighted by Gasteiger charge is -2.38. The minimum Gasteiger partial charge on any atom is -0.0616 e. The molecule has 0 aromatic heterocycles. The van der Waals surface area contributed by atoms with E-state index in [9.17, 15) is 0 Å². The van der Waals surface area contributed by atoms with Crippen LogP contribution < -0.4 is 0 Å². The van der Waals surface area contributed by atoms with Crippen molar-refractivity contribution in [2.75, 3.05) is 0 Å². The van der Waals surface area contributed by atoms with Crippen LogP contribution in [0.25, 0.3) is 32.3 Å². The van der Waals surface area contributed by atoms with Crippen molar-refractivity contribution >= 4 is 32.3 Å². The molecule has 0 bridgehead atoms. The first kappa shape index (κ1) is 20.7. The van der Waals surface area contributed by atoms with Gasteiger partial charge in [-0.25, -0.2) is 0 Å². The van der Waals surface area contributed by atoms with E-state index < -0.39 is 0 Å². The average Bonchev–Trinajstić information content (AvgIpc) is 2.91. The third-order valence-electron chi connectivity index (χ3n) is 7.30. The smallest absolute Gasteiger partial charge is 0.0469 e. The molecule has 0 saturated heterocycles. The molecule has 6 aromatic carbocycles. The van der Waals surface area contributed by atoms with Gasteiger partial charge in [-0.3, -0.25) is 0 Å². The van der Waals surface area contributed by atoms with Gasteiger partial charge in [0.1, 0.15) is 0 Å². The Morgan fingerprint density at radius 2 is 0.735 bits per heavy atom. The summed E-state index contributed by atoms with van der Waals surface area (Å²) in [6.45, 7) is 4.39. The van der Waals surface area contributed by atoms with Gasteiger partial charge in [0.2, 0.25) is 0 Å². The summed E-state index contributed by atoms with van der Waals surface area (Å²) < 4.78 is 0. The van der Waals surface area contributed by atoms with E-state index in [4.69, 9.17) is 0 Å². The summed E-state index contributed by atoms with van der Waals surface area (Å²) in [4.78, 5) is 0. The maximum Gasteiger partial charge on any atom is 0.0469 e. The first-order chi connectivity index (χ1) is 16.8. The Hall–Kier alpha value is -3.90. The summed E-state index contributed by atoms with van der Waals surface area (Å²) in [5.41, 5.74) is 3.70. The third-order valence-corrected chi connectivity index (χ3v) is 7.30. The molecule has 0 nitrogen and oxygen atoms in total. The summed E-state index contributed by atoms with van der Waals surface area (Å²) in [6, 6.07) is 46.7. The van der Waals surface area contributed by atoms with Gasteiger partial charge in [0.05, 0.1) is 0 Å². The molecule has 0 N–H and O–H groups in total. The van der Waals surface area contributed by atoms with E-state index >= 15 is 0 Å². The molecule has 0 unspecified atom stereocenters. The van der Waals surface area contributed by atoms with Crippen LogP contribution in [0.1, 0.15) is 29.5 Å². The molecule has 163 valence electrons. The molecule has 0 heterocycles. The lowest BCUT2D eigenvalue weighted by molar-refractivity contribution is 0.578. The quantitative estimate of drug-likeness (QED) is 0.237. The predicted octanol–water partition coefficient (Wildman–Crippen LogP) is 9.09. The zero-order valence-electron chi connectivity index (χ0n) is 19.2. The molecule has 0 aliphatic heterocycles. The van der Waals surface area contributed by atoms with Crippen molar-refractivity contribution in [2.45, 2.75) is 18.3 Å². The lowest BCUT2D eigenvalue weighted by Crippen LogP contribution is -2.30. The van der Waals surface area contributed by atoms with Gasteiger partial charge >= 0.3 is 0 Å². The van der Waals surface area contributed by atoms with Gasteiger partial charge in [-0.15, -0.1) is 0 Å². The first-order valence-corrected chi connectivity index (χ1v) is 12.1. The zero-order valence-corrected chi connectivity index (χ0v) is 19.2. The molecule has 0 heteroatoms. The molecule has 0 atom stereocenters. The van der Waals surface area contributed by atoms with E-state index in [0.717, 1.165) is 12.8 Å². The van der Waals surface area contributed by atoms with Gasteiger partial charge < -0.3 is 0 Å². The highest BCUT2D eigenvalue weighted by Crippen LogP contribution is 2.49. The summed E-state index contributed by atoms with van der Waals surface area (Å²) in [7, 11) is 0. The minimum absolute atomic E-state index is 0.343. The van der Waals surface area contributed by atoms with Crippen molar-refractivity contribution in [3.05, 3.63) is 151 Å². The van der Waals surface area contributed by atoms with Crippen molar-refractivity contribution in [3.63, 3.8) is 0 Å². The largest absolute Gasteiger partial charge is 0.0616 e. The van der Waals surface area contributed by atoms with E-state index in [0.29, 0.717) is 0 Å². The lowest BCUT2D eigenvalue weighted by atomic mass is 9.63. The number of hydrogen-bond acceptors (Lipinski definition) is 0.